The quantitative estimate of drug-likeness (QED) is 0.637. The standard InChI is InChI=1S/C9H16N2O2/c1-9(2,11)6-3-8(13-5-6)7(12)4-10/h3,5,7,12H,4,10-11H2,1-2H3. The van der Waals surface area contributed by atoms with Crippen LogP contribution in [0, 0.1) is 0 Å². The van der Waals surface area contributed by atoms with Crippen LogP contribution in [0.25, 0.3) is 0 Å². The fraction of sp³-hybridized carbons (Fsp3) is 0.556. The highest BCUT2D eigenvalue weighted by Crippen LogP contribution is 2.22. The average molecular weight is 184 g/mol. The molecule has 1 heterocycles. The Morgan fingerprint density at radius 2 is 2.23 bits per heavy atom. The highest BCUT2D eigenvalue weighted by atomic mass is 16.4. The van der Waals surface area contributed by atoms with Crippen LogP contribution in [0.3, 0.4) is 0 Å². The molecule has 0 spiro atoms. The van der Waals surface area contributed by atoms with Crippen LogP contribution in [-0.4, -0.2) is 11.7 Å². The number of furan rings is 1. The Morgan fingerprint density at radius 3 is 2.62 bits per heavy atom. The normalized spacial score (nSPS) is 14.5. The zero-order valence-corrected chi connectivity index (χ0v) is 7.95. The van der Waals surface area contributed by atoms with E-state index in [9.17, 15) is 5.11 Å². The minimum absolute atomic E-state index is 0.151. The van der Waals surface area contributed by atoms with E-state index >= 15 is 0 Å². The Kier molecular flexibility index (Phi) is 2.75. The average Bonchev–Trinajstić information content (AvgIpc) is 2.50. The largest absolute Gasteiger partial charge is 0.466 e. The van der Waals surface area contributed by atoms with Crippen molar-refractivity contribution in [1.29, 1.82) is 0 Å². The van der Waals surface area contributed by atoms with E-state index in [4.69, 9.17) is 15.9 Å². The molecule has 0 radical (unpaired) electrons. The Balaban J connectivity index is 2.87. The minimum Gasteiger partial charge on any atom is -0.466 e. The minimum atomic E-state index is -0.740. The molecule has 0 saturated carbocycles. The third kappa shape index (κ3) is 2.30. The lowest BCUT2D eigenvalue weighted by atomic mass is 9.98. The second kappa shape index (κ2) is 3.49. The van der Waals surface area contributed by atoms with Crippen LogP contribution >= 0.6 is 0 Å². The molecule has 5 N–H and O–H groups in total. The van der Waals surface area contributed by atoms with Gasteiger partial charge in [0, 0.05) is 17.6 Å². The van der Waals surface area contributed by atoms with E-state index in [1.807, 2.05) is 13.8 Å². The highest BCUT2D eigenvalue weighted by Gasteiger charge is 2.19. The molecule has 1 atom stereocenters. The molecule has 0 aliphatic heterocycles. The number of aliphatic hydroxyl groups is 1. The summed E-state index contributed by atoms with van der Waals surface area (Å²) in [5.74, 6) is 0.469. The van der Waals surface area contributed by atoms with Crippen molar-refractivity contribution < 1.29 is 9.52 Å². The van der Waals surface area contributed by atoms with E-state index < -0.39 is 11.6 Å². The van der Waals surface area contributed by atoms with Crippen molar-refractivity contribution in [2.24, 2.45) is 11.5 Å². The maximum Gasteiger partial charge on any atom is 0.133 e. The van der Waals surface area contributed by atoms with Gasteiger partial charge in [-0.2, -0.15) is 0 Å². The maximum atomic E-state index is 9.35. The predicted octanol–water partition coefficient (Wildman–Crippen LogP) is 0.466. The first-order valence-electron chi connectivity index (χ1n) is 4.21. The summed E-state index contributed by atoms with van der Waals surface area (Å²) < 4.78 is 5.13. The van der Waals surface area contributed by atoms with Crippen molar-refractivity contribution in [3.8, 4) is 0 Å². The predicted molar refractivity (Wildman–Crippen MR) is 49.9 cm³/mol. The number of aliphatic hydroxyl groups excluding tert-OH is 1. The second-order valence-electron chi connectivity index (χ2n) is 3.71. The van der Waals surface area contributed by atoms with Crippen LogP contribution in [0.1, 0.15) is 31.3 Å². The summed E-state index contributed by atoms with van der Waals surface area (Å²) in [7, 11) is 0. The van der Waals surface area contributed by atoms with Crippen LogP contribution in [-0.2, 0) is 5.54 Å². The molecule has 1 rings (SSSR count). The number of nitrogens with two attached hydrogens (primary N) is 2. The summed E-state index contributed by atoms with van der Waals surface area (Å²) in [6, 6.07) is 1.73. The Morgan fingerprint density at radius 1 is 1.62 bits per heavy atom. The molecule has 0 aliphatic carbocycles. The van der Waals surface area contributed by atoms with E-state index in [-0.39, 0.29) is 6.54 Å². The molecule has 1 aromatic heterocycles. The van der Waals surface area contributed by atoms with Gasteiger partial charge in [0.1, 0.15) is 11.9 Å². The van der Waals surface area contributed by atoms with Crippen molar-refractivity contribution in [1.82, 2.24) is 0 Å². The van der Waals surface area contributed by atoms with Gasteiger partial charge in [-0.15, -0.1) is 0 Å². The number of rotatable bonds is 3. The van der Waals surface area contributed by atoms with E-state index in [0.717, 1.165) is 5.56 Å². The fourth-order valence-corrected chi connectivity index (χ4v) is 0.982. The maximum absolute atomic E-state index is 9.35. The third-order valence-electron chi connectivity index (χ3n) is 1.92. The van der Waals surface area contributed by atoms with E-state index in [2.05, 4.69) is 0 Å². The smallest absolute Gasteiger partial charge is 0.133 e. The van der Waals surface area contributed by atoms with E-state index in [0.29, 0.717) is 5.76 Å². The molecule has 1 unspecified atom stereocenters. The van der Waals surface area contributed by atoms with Gasteiger partial charge in [0.05, 0.1) is 6.26 Å². The monoisotopic (exact) mass is 184 g/mol. The topological polar surface area (TPSA) is 85.4 Å². The van der Waals surface area contributed by atoms with Crippen molar-refractivity contribution in [2.45, 2.75) is 25.5 Å². The molecule has 4 heteroatoms. The Labute approximate surface area is 77.5 Å². The zero-order chi connectivity index (χ0) is 10.1. The molecule has 0 saturated heterocycles. The molecule has 0 aliphatic rings. The van der Waals surface area contributed by atoms with Gasteiger partial charge in [0.2, 0.25) is 0 Å². The Hall–Kier alpha value is -0.840. The van der Waals surface area contributed by atoms with Crippen LogP contribution in [0.4, 0.5) is 0 Å². The van der Waals surface area contributed by atoms with Gasteiger partial charge < -0.3 is 21.0 Å². The highest BCUT2D eigenvalue weighted by molar-refractivity contribution is 5.21. The number of hydrogen-bond acceptors (Lipinski definition) is 4. The summed E-state index contributed by atoms with van der Waals surface area (Å²) in [6.45, 7) is 3.89. The third-order valence-corrected chi connectivity index (χ3v) is 1.92. The first-order valence-corrected chi connectivity index (χ1v) is 4.21. The second-order valence-corrected chi connectivity index (χ2v) is 3.71. The van der Waals surface area contributed by atoms with Gasteiger partial charge in [0.25, 0.3) is 0 Å². The molecule has 0 aromatic carbocycles. The number of hydrogen-bond donors (Lipinski definition) is 3. The SMILES string of the molecule is CC(C)(N)c1coc(C(O)CN)c1. The van der Waals surface area contributed by atoms with Gasteiger partial charge in [-0.3, -0.25) is 0 Å². The first-order chi connectivity index (χ1) is 5.95. The molecule has 74 valence electrons. The van der Waals surface area contributed by atoms with Crippen LogP contribution in [0.2, 0.25) is 0 Å². The molecule has 4 nitrogen and oxygen atoms in total. The van der Waals surface area contributed by atoms with Crippen molar-refractivity contribution in [3.63, 3.8) is 0 Å². The lowest BCUT2D eigenvalue weighted by Crippen LogP contribution is -2.27. The molecule has 0 amide bonds. The van der Waals surface area contributed by atoms with Crippen molar-refractivity contribution in [2.75, 3.05) is 6.54 Å². The summed E-state index contributed by atoms with van der Waals surface area (Å²) in [4.78, 5) is 0. The van der Waals surface area contributed by atoms with Gasteiger partial charge >= 0.3 is 0 Å². The zero-order valence-electron chi connectivity index (χ0n) is 7.95. The first kappa shape index (κ1) is 10.2. The van der Waals surface area contributed by atoms with Gasteiger partial charge in [-0.1, -0.05) is 0 Å². The van der Waals surface area contributed by atoms with E-state index in [1.54, 1.807) is 12.3 Å². The van der Waals surface area contributed by atoms with Gasteiger partial charge in [-0.25, -0.2) is 0 Å². The summed E-state index contributed by atoms with van der Waals surface area (Å²) in [6.07, 6.45) is 0.810. The van der Waals surface area contributed by atoms with Crippen molar-refractivity contribution in [3.05, 3.63) is 23.7 Å². The molecular formula is C9H16N2O2. The molecule has 13 heavy (non-hydrogen) atoms. The van der Waals surface area contributed by atoms with Crippen LogP contribution in [0.15, 0.2) is 16.7 Å². The summed E-state index contributed by atoms with van der Waals surface area (Å²) >= 11 is 0. The van der Waals surface area contributed by atoms with E-state index in [1.165, 1.54) is 0 Å². The van der Waals surface area contributed by atoms with Crippen LogP contribution < -0.4 is 11.5 Å². The van der Waals surface area contributed by atoms with Crippen molar-refractivity contribution >= 4 is 0 Å². The lowest BCUT2D eigenvalue weighted by molar-refractivity contribution is 0.158. The Bertz CT molecular complexity index is 275. The molecule has 0 fully saturated rings. The summed E-state index contributed by atoms with van der Waals surface area (Å²) in [5.41, 5.74) is 11.5. The molecule has 1 aromatic rings. The summed E-state index contributed by atoms with van der Waals surface area (Å²) in [5, 5.41) is 9.35. The lowest BCUT2D eigenvalue weighted by Gasteiger charge is -2.15. The molecular weight excluding hydrogens is 168 g/mol. The fourth-order valence-electron chi connectivity index (χ4n) is 0.982. The van der Waals surface area contributed by atoms with Gasteiger partial charge in [0.15, 0.2) is 0 Å². The molecule has 0 bridgehead atoms. The van der Waals surface area contributed by atoms with Crippen LogP contribution in [0.5, 0.6) is 0 Å². The van der Waals surface area contributed by atoms with Gasteiger partial charge in [-0.05, 0) is 19.9 Å².